The Balaban J connectivity index is 1.30. The highest BCUT2D eigenvalue weighted by atomic mass is 32.2. The number of thioether (sulfide) groups is 1. The second-order valence-electron chi connectivity index (χ2n) is 8.92. The first-order valence-corrected chi connectivity index (χ1v) is 13.0. The number of carboxylic acids is 1. The molecule has 0 spiro atoms. The van der Waals surface area contributed by atoms with E-state index in [4.69, 9.17) is 4.74 Å². The Labute approximate surface area is 209 Å². The number of likely N-dealkylation sites (tertiary alicyclic amines) is 1. The van der Waals surface area contributed by atoms with Crippen LogP contribution in [0.4, 0.5) is 0 Å². The molecule has 186 valence electrons. The largest absolute Gasteiger partial charge is 0.497 e. The lowest BCUT2D eigenvalue weighted by molar-refractivity contribution is -0.146. The standard InChI is InChI=1S/C26H32N4O4S/c1-34-19-4-5-23-21(15-19)20(7-11-28-23)24(31)6-3-18-9-13-30(16-22(18)26(32)33)12-2-14-35-25-8-10-27-17-29-25/h4-5,7-8,10-11,15,17-18,22,24,31H,2-3,6,9,12-14,16H2,1H3,(H,32,33)/t18-,22+,24?/m1/s1. The third kappa shape index (κ3) is 6.68. The fraction of sp³-hybridized carbons (Fsp3) is 0.462. The van der Waals surface area contributed by atoms with Gasteiger partial charge in [-0.25, -0.2) is 9.97 Å². The van der Waals surface area contributed by atoms with Gasteiger partial charge in [0.15, 0.2) is 0 Å². The summed E-state index contributed by atoms with van der Waals surface area (Å²) >= 11 is 1.69. The van der Waals surface area contributed by atoms with Crippen LogP contribution in [0.1, 0.15) is 37.4 Å². The summed E-state index contributed by atoms with van der Waals surface area (Å²) in [6.45, 7) is 2.32. The molecule has 0 bridgehead atoms. The van der Waals surface area contributed by atoms with Crippen LogP contribution in [0.15, 0.2) is 54.1 Å². The summed E-state index contributed by atoms with van der Waals surface area (Å²) < 4.78 is 5.33. The highest BCUT2D eigenvalue weighted by Crippen LogP contribution is 2.34. The number of nitrogens with zero attached hydrogens (tertiary/aromatic N) is 4. The van der Waals surface area contributed by atoms with E-state index in [9.17, 15) is 15.0 Å². The van der Waals surface area contributed by atoms with Gasteiger partial charge < -0.3 is 19.8 Å². The molecule has 8 nitrogen and oxygen atoms in total. The minimum absolute atomic E-state index is 0.0523. The second kappa shape index (κ2) is 12.3. The average Bonchev–Trinajstić information content (AvgIpc) is 2.89. The van der Waals surface area contributed by atoms with Gasteiger partial charge in [-0.15, -0.1) is 11.8 Å². The van der Waals surface area contributed by atoms with E-state index >= 15 is 0 Å². The highest BCUT2D eigenvalue weighted by Gasteiger charge is 2.34. The fourth-order valence-electron chi connectivity index (χ4n) is 4.82. The van der Waals surface area contributed by atoms with Crippen LogP contribution in [-0.4, -0.2) is 68.5 Å². The van der Waals surface area contributed by atoms with Crippen LogP contribution in [0.2, 0.25) is 0 Å². The van der Waals surface area contributed by atoms with Gasteiger partial charge >= 0.3 is 5.97 Å². The van der Waals surface area contributed by atoms with Crippen LogP contribution in [-0.2, 0) is 4.79 Å². The monoisotopic (exact) mass is 496 g/mol. The summed E-state index contributed by atoms with van der Waals surface area (Å²) in [5.74, 6) is 0.540. The van der Waals surface area contributed by atoms with Crippen molar-refractivity contribution in [1.29, 1.82) is 0 Å². The van der Waals surface area contributed by atoms with Gasteiger partial charge in [0.2, 0.25) is 0 Å². The number of benzene rings is 1. The molecule has 1 aromatic carbocycles. The number of hydrogen-bond donors (Lipinski definition) is 2. The molecule has 1 unspecified atom stereocenters. The van der Waals surface area contributed by atoms with Crippen LogP contribution < -0.4 is 4.74 Å². The van der Waals surface area contributed by atoms with Crippen molar-refractivity contribution >= 4 is 28.6 Å². The second-order valence-corrected chi connectivity index (χ2v) is 10.0. The molecule has 0 amide bonds. The average molecular weight is 497 g/mol. The van der Waals surface area contributed by atoms with Crippen molar-refractivity contribution < 1.29 is 19.7 Å². The lowest BCUT2D eigenvalue weighted by Gasteiger charge is -2.37. The Hall–Kier alpha value is -2.75. The van der Waals surface area contributed by atoms with Crippen molar-refractivity contribution in [2.24, 2.45) is 11.8 Å². The number of aliphatic carboxylic acids is 1. The molecule has 1 aliphatic heterocycles. The van der Waals surface area contributed by atoms with Gasteiger partial charge in [-0.1, -0.05) is 0 Å². The van der Waals surface area contributed by atoms with Gasteiger partial charge in [-0.05, 0) is 80.6 Å². The van der Waals surface area contributed by atoms with Crippen LogP contribution in [0, 0.1) is 11.8 Å². The predicted octanol–water partition coefficient (Wildman–Crippen LogP) is 4.05. The SMILES string of the molecule is COc1ccc2nccc(C(O)CC[C@@H]3CCN(CCCSc4ccncn4)C[C@@H]3C(=O)O)c2c1. The number of piperidine rings is 1. The first kappa shape index (κ1) is 25.3. The molecule has 3 aromatic rings. The molecule has 9 heteroatoms. The number of pyridine rings is 1. The van der Waals surface area contributed by atoms with E-state index in [0.29, 0.717) is 25.1 Å². The van der Waals surface area contributed by atoms with Crippen molar-refractivity contribution in [2.45, 2.75) is 36.8 Å². The number of carboxylic acid groups (broad SMARTS) is 1. The smallest absolute Gasteiger partial charge is 0.308 e. The minimum atomic E-state index is -0.747. The van der Waals surface area contributed by atoms with Crippen molar-refractivity contribution in [2.75, 3.05) is 32.5 Å². The number of aliphatic hydroxyl groups excluding tert-OH is 1. The zero-order valence-electron chi connectivity index (χ0n) is 19.9. The van der Waals surface area contributed by atoms with E-state index in [1.54, 1.807) is 37.6 Å². The Morgan fingerprint density at radius 1 is 1.26 bits per heavy atom. The summed E-state index contributed by atoms with van der Waals surface area (Å²) in [5, 5.41) is 22.7. The normalized spacial score (nSPS) is 19.5. The number of carbonyl (C=O) groups is 1. The van der Waals surface area contributed by atoms with Crippen molar-refractivity contribution in [1.82, 2.24) is 19.9 Å². The zero-order valence-corrected chi connectivity index (χ0v) is 20.7. The molecule has 1 fully saturated rings. The van der Waals surface area contributed by atoms with Gasteiger partial charge in [-0.3, -0.25) is 9.78 Å². The third-order valence-electron chi connectivity index (χ3n) is 6.73. The van der Waals surface area contributed by atoms with Crippen LogP contribution in [0.25, 0.3) is 10.9 Å². The summed E-state index contributed by atoms with van der Waals surface area (Å²) in [6, 6.07) is 9.36. The molecule has 2 aromatic heterocycles. The predicted molar refractivity (Wildman–Crippen MR) is 136 cm³/mol. The van der Waals surface area contributed by atoms with Crippen molar-refractivity contribution in [3.63, 3.8) is 0 Å². The van der Waals surface area contributed by atoms with Crippen LogP contribution in [0.5, 0.6) is 5.75 Å². The van der Waals surface area contributed by atoms with E-state index in [-0.39, 0.29) is 5.92 Å². The molecule has 4 rings (SSSR count). The zero-order chi connectivity index (χ0) is 24.6. The maximum atomic E-state index is 12.1. The van der Waals surface area contributed by atoms with Gasteiger partial charge in [0.1, 0.15) is 12.1 Å². The Kier molecular flexibility index (Phi) is 8.90. The molecule has 35 heavy (non-hydrogen) atoms. The van der Waals surface area contributed by atoms with Crippen LogP contribution >= 0.6 is 11.8 Å². The number of ether oxygens (including phenoxy) is 1. The molecule has 2 N–H and O–H groups in total. The topological polar surface area (TPSA) is 109 Å². The molecule has 3 atom stereocenters. The first-order chi connectivity index (χ1) is 17.0. The molecule has 0 saturated carbocycles. The van der Waals surface area contributed by atoms with E-state index in [0.717, 1.165) is 53.2 Å². The number of methoxy groups -OCH3 is 1. The maximum Gasteiger partial charge on any atom is 0.308 e. The number of hydrogen-bond acceptors (Lipinski definition) is 8. The highest BCUT2D eigenvalue weighted by molar-refractivity contribution is 7.99. The quantitative estimate of drug-likeness (QED) is 0.231. The number of aliphatic hydroxyl groups is 1. The molecular formula is C26H32N4O4S. The van der Waals surface area contributed by atoms with E-state index < -0.39 is 18.0 Å². The van der Waals surface area contributed by atoms with Gasteiger partial charge in [0.05, 0.1) is 29.7 Å². The molecule has 1 saturated heterocycles. The minimum Gasteiger partial charge on any atom is -0.497 e. The third-order valence-corrected chi connectivity index (χ3v) is 7.76. The molecule has 0 aliphatic carbocycles. The Morgan fingerprint density at radius 3 is 2.91 bits per heavy atom. The Bertz CT molecular complexity index is 1120. The molecule has 0 radical (unpaired) electrons. The summed E-state index contributed by atoms with van der Waals surface area (Å²) in [5.41, 5.74) is 1.61. The number of fused-ring (bicyclic) bond motifs is 1. The fourth-order valence-corrected chi connectivity index (χ4v) is 5.58. The molecule has 3 heterocycles. The lowest BCUT2D eigenvalue weighted by atomic mass is 9.81. The molecular weight excluding hydrogens is 464 g/mol. The van der Waals surface area contributed by atoms with Crippen molar-refractivity contribution in [3.8, 4) is 5.75 Å². The summed E-state index contributed by atoms with van der Waals surface area (Å²) in [6.07, 6.45) is 7.30. The maximum absolute atomic E-state index is 12.1. The van der Waals surface area contributed by atoms with Gasteiger partial charge in [0, 0.05) is 30.1 Å². The first-order valence-electron chi connectivity index (χ1n) is 12.0. The van der Waals surface area contributed by atoms with Gasteiger partial charge in [-0.2, -0.15) is 0 Å². The van der Waals surface area contributed by atoms with Crippen molar-refractivity contribution in [3.05, 3.63) is 54.6 Å². The summed E-state index contributed by atoms with van der Waals surface area (Å²) in [4.78, 5) is 26.8. The van der Waals surface area contributed by atoms with E-state index in [1.165, 1.54) is 0 Å². The molecule has 1 aliphatic rings. The lowest BCUT2D eigenvalue weighted by Crippen LogP contribution is -2.44. The Morgan fingerprint density at radius 2 is 2.14 bits per heavy atom. The van der Waals surface area contributed by atoms with Crippen LogP contribution in [0.3, 0.4) is 0 Å². The van der Waals surface area contributed by atoms with E-state index in [2.05, 4.69) is 19.9 Å². The summed E-state index contributed by atoms with van der Waals surface area (Å²) in [7, 11) is 1.61. The van der Waals surface area contributed by atoms with Gasteiger partial charge in [0.25, 0.3) is 0 Å². The number of rotatable bonds is 11. The number of aromatic nitrogens is 3. The van der Waals surface area contributed by atoms with E-state index in [1.807, 2.05) is 30.3 Å².